The molecule has 0 atom stereocenters. The first-order valence-corrected chi connectivity index (χ1v) is 8.36. The van der Waals surface area contributed by atoms with Gasteiger partial charge in [-0.25, -0.2) is 0 Å². The van der Waals surface area contributed by atoms with Crippen molar-refractivity contribution < 1.29 is 5.11 Å². The highest BCUT2D eigenvalue weighted by Gasteiger charge is 2.05. The minimum absolute atomic E-state index is 0.298. The monoisotopic (exact) mass is 322 g/mol. The zero-order valence-corrected chi connectivity index (χ0v) is 13.8. The number of hydrogen-bond acceptors (Lipinski definition) is 1. The summed E-state index contributed by atoms with van der Waals surface area (Å²) in [7, 11) is 0. The Morgan fingerprint density at radius 1 is 0.600 bits per heavy atom. The van der Waals surface area contributed by atoms with E-state index in [0.717, 1.165) is 21.9 Å². The van der Waals surface area contributed by atoms with Gasteiger partial charge < -0.3 is 5.11 Å². The van der Waals surface area contributed by atoms with Crippen LogP contribution in [0.3, 0.4) is 0 Å². The fourth-order valence-electron chi connectivity index (χ4n) is 3.16. The van der Waals surface area contributed by atoms with Gasteiger partial charge in [-0.15, -0.1) is 0 Å². The van der Waals surface area contributed by atoms with Gasteiger partial charge in [-0.1, -0.05) is 97.1 Å². The molecule has 1 N–H and O–H groups in total. The van der Waals surface area contributed by atoms with Crippen molar-refractivity contribution in [1.82, 2.24) is 0 Å². The van der Waals surface area contributed by atoms with E-state index in [0.29, 0.717) is 5.75 Å². The van der Waals surface area contributed by atoms with Gasteiger partial charge in [0.25, 0.3) is 0 Å². The molecule has 0 saturated heterocycles. The van der Waals surface area contributed by atoms with Crippen LogP contribution in [0.25, 0.3) is 34.1 Å². The Bertz CT molecular complexity index is 1050. The minimum Gasteiger partial charge on any atom is -0.507 e. The summed E-state index contributed by atoms with van der Waals surface area (Å²) in [5, 5.41) is 12.5. The number of rotatable bonds is 3. The van der Waals surface area contributed by atoms with Crippen LogP contribution >= 0.6 is 0 Å². The van der Waals surface area contributed by atoms with E-state index in [2.05, 4.69) is 42.5 Å². The van der Waals surface area contributed by atoms with Gasteiger partial charge in [0.15, 0.2) is 0 Å². The van der Waals surface area contributed by atoms with Crippen LogP contribution in [-0.2, 0) is 0 Å². The molecule has 4 aromatic rings. The molecule has 4 aromatic carbocycles. The molecule has 4 rings (SSSR count). The molecule has 120 valence electrons. The van der Waals surface area contributed by atoms with Crippen molar-refractivity contribution in [3.63, 3.8) is 0 Å². The molecule has 0 aromatic heterocycles. The smallest absolute Gasteiger partial charge is 0.123 e. The molecular formula is C24H18O. The lowest BCUT2D eigenvalue weighted by Gasteiger charge is -2.08. The van der Waals surface area contributed by atoms with Gasteiger partial charge in [-0.3, -0.25) is 0 Å². The van der Waals surface area contributed by atoms with E-state index in [4.69, 9.17) is 0 Å². The summed E-state index contributed by atoms with van der Waals surface area (Å²) in [6.07, 6.45) is 4.07. The Balaban J connectivity index is 1.81. The van der Waals surface area contributed by atoms with Crippen LogP contribution in [0.1, 0.15) is 11.1 Å². The number of aromatic hydroxyl groups is 1. The lowest BCUT2D eigenvalue weighted by Crippen LogP contribution is -1.83. The van der Waals surface area contributed by atoms with Gasteiger partial charge in [0.05, 0.1) is 0 Å². The van der Waals surface area contributed by atoms with Crippen LogP contribution in [0.15, 0.2) is 91.0 Å². The molecule has 0 aliphatic carbocycles. The van der Waals surface area contributed by atoms with Crippen molar-refractivity contribution in [2.24, 2.45) is 0 Å². The average Bonchev–Trinajstić information content (AvgIpc) is 2.68. The largest absolute Gasteiger partial charge is 0.507 e. The standard InChI is InChI=1S/C24H18O/c25-24-17-15-20-11-5-7-13-22(20)23(24)16-14-19-10-4-6-12-21(19)18-8-2-1-3-9-18/h1-17,25H. The number of benzene rings is 4. The summed E-state index contributed by atoms with van der Waals surface area (Å²) in [5.41, 5.74) is 4.34. The molecule has 0 aliphatic heterocycles. The van der Waals surface area contributed by atoms with Crippen molar-refractivity contribution in [1.29, 1.82) is 0 Å². The van der Waals surface area contributed by atoms with Crippen LogP contribution in [0, 0.1) is 0 Å². The number of phenolic OH excluding ortho intramolecular Hbond substituents is 1. The van der Waals surface area contributed by atoms with Crippen LogP contribution in [0.4, 0.5) is 0 Å². The Morgan fingerprint density at radius 2 is 1.32 bits per heavy atom. The SMILES string of the molecule is Oc1ccc2ccccc2c1C=Cc1ccccc1-c1ccccc1. The molecule has 0 radical (unpaired) electrons. The summed E-state index contributed by atoms with van der Waals surface area (Å²) in [6, 6.07) is 30.5. The van der Waals surface area contributed by atoms with Crippen molar-refractivity contribution in [2.75, 3.05) is 0 Å². The summed E-state index contributed by atoms with van der Waals surface area (Å²) in [4.78, 5) is 0. The van der Waals surface area contributed by atoms with Gasteiger partial charge in [0, 0.05) is 5.56 Å². The quantitative estimate of drug-likeness (QED) is 0.434. The first kappa shape index (κ1) is 15.2. The maximum atomic E-state index is 10.3. The third-order valence-corrected chi connectivity index (χ3v) is 4.42. The van der Waals surface area contributed by atoms with Crippen LogP contribution in [0.2, 0.25) is 0 Å². The molecule has 0 fully saturated rings. The Kier molecular flexibility index (Phi) is 4.05. The number of phenols is 1. The third kappa shape index (κ3) is 3.05. The molecule has 0 heterocycles. The molecule has 1 nitrogen and oxygen atoms in total. The number of hydrogen-bond donors (Lipinski definition) is 1. The molecule has 0 spiro atoms. The fraction of sp³-hybridized carbons (Fsp3) is 0. The van der Waals surface area contributed by atoms with Gasteiger partial charge in [-0.05, 0) is 33.5 Å². The van der Waals surface area contributed by atoms with Gasteiger partial charge in [0.2, 0.25) is 0 Å². The zero-order valence-electron chi connectivity index (χ0n) is 13.8. The van der Waals surface area contributed by atoms with Crippen molar-refractivity contribution in [3.05, 3.63) is 102 Å². The minimum atomic E-state index is 0.298. The molecule has 1 heteroatoms. The van der Waals surface area contributed by atoms with Gasteiger partial charge in [-0.2, -0.15) is 0 Å². The highest BCUT2D eigenvalue weighted by Crippen LogP contribution is 2.30. The Labute approximate surface area is 147 Å². The molecule has 0 bridgehead atoms. The molecule has 25 heavy (non-hydrogen) atoms. The molecule has 0 saturated carbocycles. The van der Waals surface area contributed by atoms with E-state index in [1.54, 1.807) is 6.07 Å². The van der Waals surface area contributed by atoms with Gasteiger partial charge in [0.1, 0.15) is 5.75 Å². The zero-order chi connectivity index (χ0) is 17.1. The third-order valence-electron chi connectivity index (χ3n) is 4.42. The van der Waals surface area contributed by atoms with Crippen LogP contribution in [-0.4, -0.2) is 5.11 Å². The highest BCUT2D eigenvalue weighted by molar-refractivity contribution is 5.96. The fourth-order valence-corrected chi connectivity index (χ4v) is 3.16. The predicted molar refractivity (Wildman–Crippen MR) is 106 cm³/mol. The van der Waals surface area contributed by atoms with E-state index >= 15 is 0 Å². The maximum absolute atomic E-state index is 10.3. The molecule has 0 amide bonds. The normalized spacial score (nSPS) is 11.2. The summed E-state index contributed by atoms with van der Waals surface area (Å²) >= 11 is 0. The van der Waals surface area contributed by atoms with Crippen molar-refractivity contribution in [3.8, 4) is 16.9 Å². The van der Waals surface area contributed by atoms with E-state index in [-0.39, 0.29) is 0 Å². The van der Waals surface area contributed by atoms with Crippen molar-refractivity contribution >= 4 is 22.9 Å². The van der Waals surface area contributed by atoms with E-state index in [9.17, 15) is 5.11 Å². The Hall–Kier alpha value is -3.32. The second-order valence-electron chi connectivity index (χ2n) is 6.01. The van der Waals surface area contributed by atoms with Crippen LogP contribution in [0.5, 0.6) is 5.75 Å². The Morgan fingerprint density at radius 3 is 2.20 bits per heavy atom. The van der Waals surface area contributed by atoms with E-state index in [1.807, 2.05) is 54.6 Å². The second kappa shape index (κ2) is 6.66. The average molecular weight is 322 g/mol. The van der Waals surface area contributed by atoms with Crippen molar-refractivity contribution in [2.45, 2.75) is 0 Å². The molecule has 0 unspecified atom stereocenters. The van der Waals surface area contributed by atoms with Crippen LogP contribution < -0.4 is 0 Å². The second-order valence-corrected chi connectivity index (χ2v) is 6.01. The molecular weight excluding hydrogens is 304 g/mol. The lowest BCUT2D eigenvalue weighted by molar-refractivity contribution is 0.475. The summed E-state index contributed by atoms with van der Waals surface area (Å²) in [6.45, 7) is 0. The van der Waals surface area contributed by atoms with Gasteiger partial charge >= 0.3 is 0 Å². The summed E-state index contributed by atoms with van der Waals surface area (Å²) in [5.74, 6) is 0.298. The maximum Gasteiger partial charge on any atom is 0.123 e. The lowest BCUT2D eigenvalue weighted by atomic mass is 9.98. The molecule has 0 aliphatic rings. The van der Waals surface area contributed by atoms with E-state index in [1.165, 1.54) is 11.1 Å². The first-order chi connectivity index (χ1) is 12.3. The number of fused-ring (bicyclic) bond motifs is 1. The van der Waals surface area contributed by atoms with E-state index < -0.39 is 0 Å². The summed E-state index contributed by atoms with van der Waals surface area (Å²) < 4.78 is 0. The predicted octanol–water partition coefficient (Wildman–Crippen LogP) is 6.38. The highest BCUT2D eigenvalue weighted by atomic mass is 16.3. The first-order valence-electron chi connectivity index (χ1n) is 8.36. The topological polar surface area (TPSA) is 20.2 Å².